The predicted octanol–water partition coefficient (Wildman–Crippen LogP) is 5.89. The van der Waals surface area contributed by atoms with Gasteiger partial charge < -0.3 is 15.7 Å². The molecular formula is C27H33N3O2. The summed E-state index contributed by atoms with van der Waals surface area (Å²) in [6.07, 6.45) is 3.49. The molecule has 0 fully saturated rings. The summed E-state index contributed by atoms with van der Waals surface area (Å²) >= 11 is 0. The molecule has 0 saturated carbocycles. The number of hydrogen-bond acceptors (Lipinski definition) is 3. The van der Waals surface area contributed by atoms with Gasteiger partial charge in [-0.2, -0.15) is 0 Å². The van der Waals surface area contributed by atoms with Crippen LogP contribution in [0.15, 0.2) is 52.1 Å². The van der Waals surface area contributed by atoms with Crippen LogP contribution in [0.2, 0.25) is 0 Å². The van der Waals surface area contributed by atoms with Crippen molar-refractivity contribution in [3.05, 3.63) is 79.8 Å². The molecule has 4 rings (SSSR count). The SMILES string of the molecule is C=Cc1[nH]c2cc3c(=O)c4cc(C)ccc4[nH]c3cc2c(=O)c1C=C(C)C.CC.CCN. The Morgan fingerprint density at radius 3 is 2.03 bits per heavy atom. The van der Waals surface area contributed by atoms with E-state index in [9.17, 15) is 9.59 Å². The van der Waals surface area contributed by atoms with E-state index < -0.39 is 0 Å². The topological polar surface area (TPSA) is 91.7 Å². The lowest BCUT2D eigenvalue weighted by Crippen LogP contribution is -2.12. The lowest BCUT2D eigenvalue weighted by molar-refractivity contribution is 1.14. The molecular weight excluding hydrogens is 398 g/mol. The van der Waals surface area contributed by atoms with Crippen LogP contribution in [0, 0.1) is 6.92 Å². The molecule has 0 aliphatic carbocycles. The van der Waals surface area contributed by atoms with E-state index in [0.29, 0.717) is 38.4 Å². The summed E-state index contributed by atoms with van der Waals surface area (Å²) < 4.78 is 0. The predicted molar refractivity (Wildman–Crippen MR) is 140 cm³/mol. The van der Waals surface area contributed by atoms with Crippen molar-refractivity contribution in [2.75, 3.05) is 6.54 Å². The quantitative estimate of drug-likeness (QED) is 0.346. The number of nitrogens with one attached hydrogen (secondary N) is 2. The third kappa shape index (κ3) is 4.89. The number of aryl methyl sites for hydroxylation is 1. The lowest BCUT2D eigenvalue weighted by atomic mass is 10.0. The van der Waals surface area contributed by atoms with Gasteiger partial charge in [0.15, 0.2) is 10.9 Å². The monoisotopic (exact) mass is 431 g/mol. The van der Waals surface area contributed by atoms with Gasteiger partial charge in [-0.1, -0.05) is 50.6 Å². The molecule has 4 N–H and O–H groups in total. The fourth-order valence-corrected chi connectivity index (χ4v) is 3.50. The number of H-pyrrole nitrogens is 2. The zero-order chi connectivity index (χ0) is 24.0. The molecule has 2 aromatic carbocycles. The Labute approximate surface area is 188 Å². The van der Waals surface area contributed by atoms with Crippen LogP contribution in [0.3, 0.4) is 0 Å². The van der Waals surface area contributed by atoms with E-state index >= 15 is 0 Å². The van der Waals surface area contributed by atoms with Crippen molar-refractivity contribution in [3.8, 4) is 0 Å². The van der Waals surface area contributed by atoms with Gasteiger partial charge in [0, 0.05) is 32.9 Å². The molecule has 0 spiro atoms. The fourth-order valence-electron chi connectivity index (χ4n) is 3.50. The van der Waals surface area contributed by atoms with Gasteiger partial charge in [-0.05, 0) is 57.7 Å². The summed E-state index contributed by atoms with van der Waals surface area (Å²) in [4.78, 5) is 32.6. The van der Waals surface area contributed by atoms with E-state index in [4.69, 9.17) is 5.73 Å². The number of fused-ring (bicyclic) bond motifs is 3. The summed E-state index contributed by atoms with van der Waals surface area (Å²) in [5.74, 6) is 0. The molecule has 168 valence electrons. The zero-order valence-corrected chi connectivity index (χ0v) is 19.8. The first kappa shape index (κ1) is 24.8. The summed E-state index contributed by atoms with van der Waals surface area (Å²) in [5.41, 5.74) is 10.1. The third-order valence-electron chi connectivity index (χ3n) is 4.78. The average Bonchev–Trinajstić information content (AvgIpc) is 2.77. The molecule has 2 heterocycles. The van der Waals surface area contributed by atoms with Crippen LogP contribution in [-0.4, -0.2) is 16.5 Å². The zero-order valence-electron chi connectivity index (χ0n) is 19.8. The number of nitrogens with two attached hydrogens (primary N) is 1. The van der Waals surface area contributed by atoms with Crippen molar-refractivity contribution >= 4 is 44.9 Å². The van der Waals surface area contributed by atoms with E-state index in [1.165, 1.54) is 0 Å². The molecule has 5 nitrogen and oxygen atoms in total. The van der Waals surface area contributed by atoms with Crippen LogP contribution in [0.1, 0.15) is 51.4 Å². The molecule has 0 aliphatic heterocycles. The highest BCUT2D eigenvalue weighted by Gasteiger charge is 2.12. The average molecular weight is 432 g/mol. The molecule has 32 heavy (non-hydrogen) atoms. The number of aromatic amines is 2. The molecule has 0 aliphatic rings. The second-order valence-electron chi connectivity index (χ2n) is 7.56. The highest BCUT2D eigenvalue weighted by atomic mass is 16.1. The van der Waals surface area contributed by atoms with Crippen LogP contribution in [0.5, 0.6) is 0 Å². The highest BCUT2D eigenvalue weighted by molar-refractivity contribution is 6.00. The van der Waals surface area contributed by atoms with Gasteiger partial charge in [-0.25, -0.2) is 0 Å². The molecule has 0 amide bonds. The first-order valence-corrected chi connectivity index (χ1v) is 10.9. The van der Waals surface area contributed by atoms with Crippen molar-refractivity contribution in [2.24, 2.45) is 5.73 Å². The van der Waals surface area contributed by atoms with Crippen molar-refractivity contribution in [2.45, 2.75) is 41.5 Å². The number of hydrogen-bond donors (Lipinski definition) is 3. The van der Waals surface area contributed by atoms with Gasteiger partial charge in [0.2, 0.25) is 0 Å². The normalized spacial score (nSPS) is 10.2. The number of allylic oxidation sites excluding steroid dienone is 1. The maximum atomic E-state index is 13.1. The summed E-state index contributed by atoms with van der Waals surface area (Å²) in [6.45, 7) is 16.3. The summed E-state index contributed by atoms with van der Waals surface area (Å²) in [7, 11) is 0. The molecule has 0 radical (unpaired) electrons. The van der Waals surface area contributed by atoms with E-state index in [2.05, 4.69) is 16.5 Å². The Kier molecular flexibility index (Phi) is 8.33. The Morgan fingerprint density at radius 1 is 0.938 bits per heavy atom. The van der Waals surface area contributed by atoms with Gasteiger partial charge in [-0.15, -0.1) is 0 Å². The molecule has 0 unspecified atom stereocenters. The minimum Gasteiger partial charge on any atom is -0.354 e. The number of pyridine rings is 2. The van der Waals surface area contributed by atoms with E-state index in [1.807, 2.05) is 65.8 Å². The van der Waals surface area contributed by atoms with Gasteiger partial charge in [0.1, 0.15) is 0 Å². The highest BCUT2D eigenvalue weighted by Crippen LogP contribution is 2.22. The van der Waals surface area contributed by atoms with Crippen molar-refractivity contribution < 1.29 is 0 Å². The second-order valence-corrected chi connectivity index (χ2v) is 7.56. The first-order chi connectivity index (χ1) is 15.3. The minimum atomic E-state index is -0.0772. The summed E-state index contributed by atoms with van der Waals surface area (Å²) in [5, 5.41) is 1.75. The van der Waals surface area contributed by atoms with Crippen LogP contribution in [0.25, 0.3) is 44.9 Å². The van der Waals surface area contributed by atoms with Crippen LogP contribution >= 0.6 is 0 Å². The van der Waals surface area contributed by atoms with Crippen molar-refractivity contribution in [1.29, 1.82) is 0 Å². The van der Waals surface area contributed by atoms with Crippen molar-refractivity contribution in [3.63, 3.8) is 0 Å². The maximum absolute atomic E-state index is 13.1. The molecule has 0 saturated heterocycles. The minimum absolute atomic E-state index is 0.0428. The Hall–Kier alpha value is -3.44. The maximum Gasteiger partial charge on any atom is 0.197 e. The smallest absolute Gasteiger partial charge is 0.197 e. The number of rotatable bonds is 2. The van der Waals surface area contributed by atoms with Gasteiger partial charge >= 0.3 is 0 Å². The standard InChI is InChI=1S/C23H20N2O2.C2H7N.C2H6/c1-5-18-14(8-12(2)3)22(26)16-11-21-17(10-20(16)24-18)23(27)15-9-13(4)6-7-19(15)25-21;1-2-3;1-2/h5-11H,1H2,2-4H3,(H,24,26)(H,25,27);2-3H2,1H3;1-2H3. The molecule has 5 heteroatoms. The van der Waals surface area contributed by atoms with Gasteiger partial charge in [0.25, 0.3) is 0 Å². The van der Waals surface area contributed by atoms with E-state index in [0.717, 1.165) is 23.2 Å². The van der Waals surface area contributed by atoms with Crippen LogP contribution < -0.4 is 16.6 Å². The van der Waals surface area contributed by atoms with Crippen LogP contribution in [0.4, 0.5) is 0 Å². The number of aromatic nitrogens is 2. The van der Waals surface area contributed by atoms with Crippen molar-refractivity contribution in [1.82, 2.24) is 9.97 Å². The molecule has 0 bridgehead atoms. The molecule has 0 atom stereocenters. The Balaban J connectivity index is 0.000000671. The molecule has 4 aromatic rings. The molecule has 2 aromatic heterocycles. The first-order valence-electron chi connectivity index (χ1n) is 10.9. The Morgan fingerprint density at radius 2 is 1.47 bits per heavy atom. The van der Waals surface area contributed by atoms with Gasteiger partial charge in [0.05, 0.1) is 11.0 Å². The van der Waals surface area contributed by atoms with Gasteiger partial charge in [-0.3, -0.25) is 9.59 Å². The third-order valence-corrected chi connectivity index (χ3v) is 4.78. The fraction of sp³-hybridized carbons (Fsp3) is 0.259. The lowest BCUT2D eigenvalue weighted by Gasteiger charge is -2.09. The van der Waals surface area contributed by atoms with Crippen LogP contribution in [-0.2, 0) is 0 Å². The summed E-state index contributed by atoms with van der Waals surface area (Å²) in [6, 6.07) is 9.26. The van der Waals surface area contributed by atoms with E-state index in [-0.39, 0.29) is 10.9 Å². The number of benzene rings is 2. The largest absolute Gasteiger partial charge is 0.354 e. The second kappa shape index (κ2) is 10.7. The van der Waals surface area contributed by atoms with E-state index in [1.54, 1.807) is 18.2 Å². The Bertz CT molecular complexity index is 1420.